The largest absolute Gasteiger partial charge is 0.467 e. The van der Waals surface area contributed by atoms with Crippen molar-refractivity contribution in [2.45, 2.75) is 44.1 Å². The third-order valence-electron chi connectivity index (χ3n) is 5.17. The van der Waals surface area contributed by atoms with Crippen molar-refractivity contribution in [3.05, 3.63) is 60.1 Å². The highest BCUT2D eigenvalue weighted by atomic mass is 16.4. The van der Waals surface area contributed by atoms with Crippen molar-refractivity contribution in [2.24, 2.45) is 4.99 Å². The maximum Gasteiger partial charge on any atom is 0.191 e. The number of benzene rings is 1. The van der Waals surface area contributed by atoms with Gasteiger partial charge in [0.25, 0.3) is 0 Å². The van der Waals surface area contributed by atoms with Crippen LogP contribution in [0.5, 0.6) is 0 Å². The van der Waals surface area contributed by atoms with Gasteiger partial charge in [0.05, 0.1) is 19.4 Å². The molecule has 5 nitrogen and oxygen atoms in total. The van der Waals surface area contributed by atoms with Crippen molar-refractivity contribution < 1.29 is 9.52 Å². The number of nitrogens with one attached hydrogen (secondary N) is 2. The predicted molar refractivity (Wildman–Crippen MR) is 104 cm³/mol. The molecule has 140 valence electrons. The molecule has 1 unspecified atom stereocenters. The quantitative estimate of drug-likeness (QED) is 0.526. The Morgan fingerprint density at radius 3 is 2.58 bits per heavy atom. The summed E-state index contributed by atoms with van der Waals surface area (Å²) in [5, 5.41) is 16.7. The van der Waals surface area contributed by atoms with E-state index >= 15 is 0 Å². The van der Waals surface area contributed by atoms with Gasteiger partial charge < -0.3 is 20.2 Å². The highest BCUT2D eigenvalue weighted by molar-refractivity contribution is 5.79. The second-order valence-corrected chi connectivity index (χ2v) is 6.96. The lowest BCUT2D eigenvalue weighted by Crippen LogP contribution is -2.40. The van der Waals surface area contributed by atoms with E-state index in [4.69, 9.17) is 9.41 Å². The van der Waals surface area contributed by atoms with Crippen LogP contribution in [0.1, 0.15) is 50.0 Å². The van der Waals surface area contributed by atoms with Crippen molar-refractivity contribution in [3.8, 4) is 0 Å². The van der Waals surface area contributed by atoms with Crippen molar-refractivity contribution >= 4 is 5.96 Å². The lowest BCUT2D eigenvalue weighted by atomic mass is 9.79. The third-order valence-corrected chi connectivity index (χ3v) is 5.17. The van der Waals surface area contributed by atoms with Gasteiger partial charge in [0.15, 0.2) is 5.96 Å². The van der Waals surface area contributed by atoms with Crippen LogP contribution in [0.25, 0.3) is 0 Å². The number of hydrogen-bond donors (Lipinski definition) is 3. The summed E-state index contributed by atoms with van der Waals surface area (Å²) in [5.41, 5.74) is 1.51. The molecule has 3 N–H and O–H groups in total. The van der Waals surface area contributed by atoms with Crippen molar-refractivity contribution in [1.82, 2.24) is 10.6 Å². The normalized spacial score (nSPS) is 17.8. The molecule has 26 heavy (non-hydrogen) atoms. The Labute approximate surface area is 155 Å². The molecule has 5 heteroatoms. The van der Waals surface area contributed by atoms with E-state index in [0.29, 0.717) is 12.3 Å². The molecule has 0 amide bonds. The van der Waals surface area contributed by atoms with Gasteiger partial charge in [-0.25, -0.2) is 0 Å². The molecule has 1 aliphatic rings. The van der Waals surface area contributed by atoms with Gasteiger partial charge in [-0.1, -0.05) is 43.2 Å². The van der Waals surface area contributed by atoms with Gasteiger partial charge in [0.1, 0.15) is 11.9 Å². The first-order chi connectivity index (χ1) is 12.7. The highest BCUT2D eigenvalue weighted by Gasteiger charge is 2.35. The topological polar surface area (TPSA) is 69.8 Å². The van der Waals surface area contributed by atoms with E-state index in [0.717, 1.165) is 19.0 Å². The smallest absolute Gasteiger partial charge is 0.191 e. The molecule has 1 fully saturated rings. The molecule has 0 bridgehead atoms. The molecule has 1 heterocycles. The molecular weight excluding hydrogens is 326 g/mol. The molecule has 2 aromatic rings. The molecule has 0 saturated heterocycles. The van der Waals surface area contributed by atoms with E-state index in [9.17, 15) is 5.11 Å². The number of aliphatic hydroxyl groups excluding tert-OH is 1. The van der Waals surface area contributed by atoms with Crippen molar-refractivity contribution in [2.75, 3.05) is 19.6 Å². The van der Waals surface area contributed by atoms with Crippen molar-refractivity contribution in [1.29, 1.82) is 0 Å². The molecule has 0 radical (unpaired) electrons. The molecule has 1 aliphatic carbocycles. The molecule has 1 saturated carbocycles. The van der Waals surface area contributed by atoms with Gasteiger partial charge in [0, 0.05) is 12.0 Å². The van der Waals surface area contributed by atoms with Gasteiger partial charge in [-0.05, 0) is 37.5 Å². The number of hydrogen-bond acceptors (Lipinski definition) is 3. The summed E-state index contributed by atoms with van der Waals surface area (Å²) < 4.78 is 5.25. The Hall–Kier alpha value is -2.27. The maximum atomic E-state index is 10.2. The Balaban J connectivity index is 1.67. The summed E-state index contributed by atoms with van der Waals surface area (Å²) in [7, 11) is 0. The van der Waals surface area contributed by atoms with Crippen LogP contribution in [-0.2, 0) is 5.41 Å². The Kier molecular flexibility index (Phi) is 6.34. The second-order valence-electron chi connectivity index (χ2n) is 6.96. The lowest BCUT2D eigenvalue weighted by molar-refractivity contribution is 0.153. The monoisotopic (exact) mass is 355 g/mol. The van der Waals surface area contributed by atoms with Crippen molar-refractivity contribution in [3.63, 3.8) is 0 Å². The average Bonchev–Trinajstić information content (AvgIpc) is 3.37. The van der Waals surface area contributed by atoms with E-state index in [-0.39, 0.29) is 5.41 Å². The Morgan fingerprint density at radius 1 is 1.15 bits per heavy atom. The molecule has 0 spiro atoms. The van der Waals surface area contributed by atoms with E-state index in [1.54, 1.807) is 18.4 Å². The van der Waals surface area contributed by atoms with Crippen LogP contribution < -0.4 is 10.6 Å². The van der Waals surface area contributed by atoms with Gasteiger partial charge in [-0.3, -0.25) is 4.99 Å². The second kappa shape index (κ2) is 8.90. The first-order valence-corrected chi connectivity index (χ1v) is 9.53. The molecular formula is C21H29N3O2. The van der Waals surface area contributed by atoms with Crippen LogP contribution in [0.4, 0.5) is 0 Å². The third kappa shape index (κ3) is 4.47. The minimum absolute atomic E-state index is 0.128. The van der Waals surface area contributed by atoms with Crippen LogP contribution in [0.15, 0.2) is 58.1 Å². The fraction of sp³-hybridized carbons (Fsp3) is 0.476. The van der Waals surface area contributed by atoms with E-state index in [2.05, 4.69) is 41.0 Å². The molecule has 3 rings (SSSR count). The van der Waals surface area contributed by atoms with Crippen LogP contribution in [0, 0.1) is 0 Å². The zero-order valence-electron chi connectivity index (χ0n) is 15.4. The summed E-state index contributed by atoms with van der Waals surface area (Å²) in [4.78, 5) is 4.85. The molecule has 1 atom stereocenters. The van der Waals surface area contributed by atoms with Gasteiger partial charge >= 0.3 is 0 Å². The van der Waals surface area contributed by atoms with Gasteiger partial charge in [-0.15, -0.1) is 0 Å². The summed E-state index contributed by atoms with van der Waals surface area (Å²) in [5.74, 6) is 1.30. The summed E-state index contributed by atoms with van der Waals surface area (Å²) >= 11 is 0. The van der Waals surface area contributed by atoms with Gasteiger partial charge in [-0.2, -0.15) is 0 Å². The number of furan rings is 1. The summed E-state index contributed by atoms with van der Waals surface area (Å²) in [6.07, 6.45) is 5.74. The minimum Gasteiger partial charge on any atom is -0.467 e. The number of rotatable bonds is 7. The number of guanidine groups is 1. The SMILES string of the molecule is CCNC(=NCC1(c2ccccc2)CCCC1)NCC(O)c1ccco1. The standard InChI is InChI=1S/C21H29N3O2/c1-2-22-20(23-15-18(25)19-11-8-14-26-19)24-16-21(12-6-7-13-21)17-9-4-3-5-10-17/h3-5,8-11,14,18,25H,2,6-7,12-13,15-16H2,1H3,(H2,22,23,24). The first kappa shape index (κ1) is 18.5. The highest BCUT2D eigenvalue weighted by Crippen LogP contribution is 2.41. The molecule has 0 aliphatic heterocycles. The van der Waals surface area contributed by atoms with Crippen LogP contribution in [-0.4, -0.2) is 30.7 Å². The zero-order chi connectivity index (χ0) is 18.2. The van der Waals surface area contributed by atoms with E-state index in [1.165, 1.54) is 31.2 Å². The predicted octanol–water partition coefficient (Wildman–Crippen LogP) is 3.38. The first-order valence-electron chi connectivity index (χ1n) is 9.53. The number of aliphatic imine (C=N–C) groups is 1. The lowest BCUT2D eigenvalue weighted by Gasteiger charge is -2.28. The number of nitrogens with zero attached hydrogens (tertiary/aromatic N) is 1. The Morgan fingerprint density at radius 2 is 1.92 bits per heavy atom. The fourth-order valence-corrected chi connectivity index (χ4v) is 3.73. The van der Waals surface area contributed by atoms with Crippen LogP contribution >= 0.6 is 0 Å². The maximum absolute atomic E-state index is 10.2. The fourth-order valence-electron chi connectivity index (χ4n) is 3.73. The summed E-state index contributed by atoms with van der Waals surface area (Å²) in [6, 6.07) is 14.3. The number of aliphatic hydroxyl groups is 1. The molecule has 1 aromatic heterocycles. The average molecular weight is 355 g/mol. The minimum atomic E-state index is -0.691. The van der Waals surface area contributed by atoms with E-state index in [1.807, 2.05) is 6.92 Å². The van der Waals surface area contributed by atoms with Crippen LogP contribution in [0.3, 0.4) is 0 Å². The van der Waals surface area contributed by atoms with Crippen LogP contribution in [0.2, 0.25) is 0 Å². The zero-order valence-corrected chi connectivity index (χ0v) is 15.4. The summed E-state index contributed by atoms with van der Waals surface area (Å²) in [6.45, 7) is 3.94. The van der Waals surface area contributed by atoms with E-state index < -0.39 is 6.10 Å². The molecule has 1 aromatic carbocycles. The Bertz CT molecular complexity index is 677. The van der Waals surface area contributed by atoms with Gasteiger partial charge in [0.2, 0.25) is 0 Å².